The molecule has 2 N–H and O–H groups in total. The third kappa shape index (κ3) is 5.71. The van der Waals surface area contributed by atoms with Crippen LogP contribution in [0.4, 0.5) is 10.2 Å². The summed E-state index contributed by atoms with van der Waals surface area (Å²) < 4.78 is 22.1. The third-order valence-electron chi connectivity index (χ3n) is 6.06. The van der Waals surface area contributed by atoms with E-state index in [2.05, 4.69) is 38.5 Å². The number of nitriles is 1. The number of anilines is 1. The summed E-state index contributed by atoms with van der Waals surface area (Å²) >= 11 is 0. The summed E-state index contributed by atoms with van der Waals surface area (Å²) in [5, 5.41) is 31.4. The fourth-order valence-electron chi connectivity index (χ4n) is 4.14. The molecule has 1 unspecified atom stereocenters. The van der Waals surface area contributed by atoms with Gasteiger partial charge >= 0.3 is 0 Å². The second kappa shape index (κ2) is 10.5. The Morgan fingerprint density at radius 2 is 1.95 bits per heavy atom. The van der Waals surface area contributed by atoms with Crippen molar-refractivity contribution in [1.82, 2.24) is 29.4 Å². The van der Waals surface area contributed by atoms with Crippen molar-refractivity contribution < 1.29 is 14.2 Å². The van der Waals surface area contributed by atoms with E-state index >= 15 is 0 Å². The van der Waals surface area contributed by atoms with Crippen molar-refractivity contribution in [2.45, 2.75) is 38.8 Å². The molecule has 198 valence electrons. The van der Waals surface area contributed by atoms with E-state index in [1.165, 1.54) is 17.1 Å². The first-order chi connectivity index (χ1) is 18.7. The van der Waals surface area contributed by atoms with Crippen LogP contribution in [0, 0.1) is 17.1 Å². The number of rotatable bonds is 9. The fraction of sp³-hybridized carbons (Fsp3) is 0.250. The zero-order chi connectivity index (χ0) is 27.6. The molecule has 0 radical (unpaired) electrons. The van der Waals surface area contributed by atoms with Crippen LogP contribution in [0.15, 0.2) is 67.5 Å². The molecule has 0 spiro atoms. The summed E-state index contributed by atoms with van der Waals surface area (Å²) in [7, 11) is 0. The van der Waals surface area contributed by atoms with E-state index < -0.39 is 11.4 Å². The van der Waals surface area contributed by atoms with Gasteiger partial charge < -0.3 is 15.2 Å². The summed E-state index contributed by atoms with van der Waals surface area (Å²) in [6.07, 6.45) is 9.85. The Bertz CT molecular complexity index is 1630. The highest BCUT2D eigenvalue weighted by molar-refractivity contribution is 5.85. The first-order valence-electron chi connectivity index (χ1n) is 12.4. The maximum atomic E-state index is 13.3. The highest BCUT2D eigenvalue weighted by atomic mass is 19.1. The van der Waals surface area contributed by atoms with E-state index in [9.17, 15) is 14.8 Å². The molecule has 39 heavy (non-hydrogen) atoms. The molecule has 10 nitrogen and oxygen atoms in total. The third-order valence-corrected chi connectivity index (χ3v) is 6.06. The predicted octanol–water partition coefficient (Wildman–Crippen LogP) is 4.70. The maximum Gasteiger partial charge on any atom is 0.161 e. The molecule has 0 saturated carbocycles. The second-order valence-electron chi connectivity index (χ2n) is 9.74. The van der Waals surface area contributed by atoms with Gasteiger partial charge in [-0.05, 0) is 50.1 Å². The van der Waals surface area contributed by atoms with Crippen molar-refractivity contribution >= 4 is 11.3 Å². The molecule has 0 saturated heterocycles. The number of nitrogens with zero attached hydrogens (tertiary/aromatic N) is 7. The smallest absolute Gasteiger partial charge is 0.161 e. The molecule has 0 aliphatic heterocycles. The van der Waals surface area contributed by atoms with Crippen LogP contribution in [-0.4, -0.2) is 46.7 Å². The van der Waals surface area contributed by atoms with Gasteiger partial charge in [0.2, 0.25) is 0 Å². The van der Waals surface area contributed by atoms with Crippen molar-refractivity contribution in [1.29, 1.82) is 5.26 Å². The lowest BCUT2D eigenvalue weighted by atomic mass is 10.0. The lowest BCUT2D eigenvalue weighted by molar-refractivity contribution is 0.0283. The molecule has 0 aliphatic rings. The number of ether oxygens (including phenoxy) is 1. The topological polar surface area (TPSA) is 126 Å². The van der Waals surface area contributed by atoms with Crippen LogP contribution in [0.25, 0.3) is 22.5 Å². The molecular formula is C28H27FN8O2. The Morgan fingerprint density at radius 3 is 2.56 bits per heavy atom. The Balaban J connectivity index is 1.39. The molecule has 0 bridgehead atoms. The Kier molecular flexibility index (Phi) is 6.96. The Labute approximate surface area is 224 Å². The van der Waals surface area contributed by atoms with Gasteiger partial charge in [0.15, 0.2) is 11.6 Å². The summed E-state index contributed by atoms with van der Waals surface area (Å²) in [6, 6.07) is 11.5. The van der Waals surface area contributed by atoms with E-state index in [0.29, 0.717) is 28.5 Å². The first-order valence-corrected chi connectivity index (χ1v) is 12.4. The maximum absolute atomic E-state index is 13.3. The van der Waals surface area contributed by atoms with Crippen molar-refractivity contribution in [3.05, 3.63) is 84.5 Å². The number of hydrogen-bond donors (Lipinski definition) is 2. The molecule has 5 heterocycles. The van der Waals surface area contributed by atoms with Crippen LogP contribution in [-0.2, 0) is 0 Å². The minimum Gasteiger partial charge on any atom is -0.489 e. The van der Waals surface area contributed by atoms with Crippen molar-refractivity contribution in [2.75, 3.05) is 11.9 Å². The average molecular weight is 527 g/mol. The van der Waals surface area contributed by atoms with Crippen molar-refractivity contribution in [2.24, 2.45) is 0 Å². The van der Waals surface area contributed by atoms with Crippen LogP contribution in [0.3, 0.4) is 0 Å². The number of aliphatic hydroxyl groups is 1. The Morgan fingerprint density at radius 1 is 1.10 bits per heavy atom. The molecule has 1 atom stereocenters. The monoisotopic (exact) mass is 526 g/mol. The van der Waals surface area contributed by atoms with Crippen LogP contribution in [0.5, 0.6) is 5.75 Å². The molecule has 0 amide bonds. The van der Waals surface area contributed by atoms with Crippen molar-refractivity contribution in [3.8, 4) is 28.8 Å². The van der Waals surface area contributed by atoms with Gasteiger partial charge in [-0.25, -0.2) is 23.6 Å². The summed E-state index contributed by atoms with van der Waals surface area (Å²) in [5.74, 6) is 1.28. The van der Waals surface area contributed by atoms with Gasteiger partial charge in [0.25, 0.3) is 0 Å². The van der Waals surface area contributed by atoms with E-state index in [1.54, 1.807) is 43.0 Å². The number of aromatic nitrogens is 6. The molecule has 5 rings (SSSR count). The number of nitrogens with one attached hydrogen (secondary N) is 1. The quantitative estimate of drug-likeness (QED) is 0.283. The van der Waals surface area contributed by atoms with Crippen LogP contribution >= 0.6 is 0 Å². The summed E-state index contributed by atoms with van der Waals surface area (Å²) in [4.78, 5) is 9.03. The SMILES string of the molecule is CCC(Nc1ccc(-c2cc(OCC(C)(C)O)cn3ncc(C#N)c23)cn1)c1ccc(-n2cc(F)cn2)nc1. The summed E-state index contributed by atoms with van der Waals surface area (Å²) in [6.45, 7) is 5.48. The number of pyridine rings is 3. The van der Waals surface area contributed by atoms with Gasteiger partial charge in [-0.2, -0.15) is 15.5 Å². The number of fused-ring (bicyclic) bond motifs is 1. The van der Waals surface area contributed by atoms with Crippen LogP contribution in [0.2, 0.25) is 0 Å². The van der Waals surface area contributed by atoms with Crippen molar-refractivity contribution in [3.63, 3.8) is 0 Å². The van der Waals surface area contributed by atoms with Crippen LogP contribution < -0.4 is 10.1 Å². The minimum atomic E-state index is -1.01. The van der Waals surface area contributed by atoms with E-state index in [1.807, 2.05) is 24.3 Å². The molecule has 0 aromatic carbocycles. The van der Waals surface area contributed by atoms with Gasteiger partial charge in [-0.3, -0.25) is 0 Å². The van der Waals surface area contributed by atoms with Gasteiger partial charge in [0, 0.05) is 23.5 Å². The highest BCUT2D eigenvalue weighted by Crippen LogP contribution is 2.32. The molecule has 0 aliphatic carbocycles. The second-order valence-corrected chi connectivity index (χ2v) is 9.74. The largest absolute Gasteiger partial charge is 0.489 e. The van der Waals surface area contributed by atoms with E-state index in [-0.39, 0.29) is 12.6 Å². The fourth-order valence-corrected chi connectivity index (χ4v) is 4.14. The first kappa shape index (κ1) is 25.8. The number of halogens is 1. The molecule has 11 heteroatoms. The predicted molar refractivity (Wildman–Crippen MR) is 143 cm³/mol. The lowest BCUT2D eigenvalue weighted by Crippen LogP contribution is -2.27. The summed E-state index contributed by atoms with van der Waals surface area (Å²) in [5.41, 5.74) is 2.54. The van der Waals surface area contributed by atoms with Crippen LogP contribution in [0.1, 0.15) is 44.4 Å². The molecule has 5 aromatic rings. The molecule has 0 fully saturated rings. The number of hydrogen-bond acceptors (Lipinski definition) is 8. The van der Waals surface area contributed by atoms with Gasteiger partial charge in [0.05, 0.1) is 47.5 Å². The lowest BCUT2D eigenvalue weighted by Gasteiger charge is -2.19. The van der Waals surface area contributed by atoms with E-state index in [0.717, 1.165) is 29.3 Å². The van der Waals surface area contributed by atoms with Gasteiger partial charge in [-0.1, -0.05) is 13.0 Å². The zero-order valence-corrected chi connectivity index (χ0v) is 21.7. The van der Waals surface area contributed by atoms with Gasteiger partial charge in [0.1, 0.15) is 24.2 Å². The average Bonchev–Trinajstić information content (AvgIpc) is 3.56. The Hall–Kier alpha value is -4.82. The standard InChI is InChI=1S/C28H27FN8O2/c1-4-24(19-6-8-26(32-12-19)36-15-21(29)14-34-36)35-25-7-5-18(11-31-25)23-9-22(39-17-28(2,3)38)16-37-27(23)20(10-30)13-33-37/h5-9,11-16,24,38H,4,17H2,1-3H3,(H,31,35). The zero-order valence-electron chi connectivity index (χ0n) is 21.7. The molecular weight excluding hydrogens is 499 g/mol. The molecule has 5 aromatic heterocycles. The highest BCUT2D eigenvalue weighted by Gasteiger charge is 2.18. The van der Waals surface area contributed by atoms with Gasteiger partial charge in [-0.15, -0.1) is 0 Å². The van der Waals surface area contributed by atoms with E-state index in [4.69, 9.17) is 4.74 Å². The normalized spacial score (nSPS) is 12.3. The minimum absolute atomic E-state index is 0.0513.